The van der Waals surface area contributed by atoms with Gasteiger partial charge in [0.15, 0.2) is 5.76 Å². The van der Waals surface area contributed by atoms with Crippen molar-refractivity contribution >= 4 is 5.91 Å². The predicted octanol–water partition coefficient (Wildman–Crippen LogP) is 1.87. The van der Waals surface area contributed by atoms with Gasteiger partial charge in [-0.1, -0.05) is 0 Å². The van der Waals surface area contributed by atoms with Crippen molar-refractivity contribution < 1.29 is 18.0 Å². The molecule has 0 spiro atoms. The van der Waals surface area contributed by atoms with Crippen molar-refractivity contribution in [3.05, 3.63) is 23.2 Å². The second kappa shape index (κ2) is 5.28. The van der Waals surface area contributed by atoms with Crippen LogP contribution in [0.4, 0.5) is 8.78 Å². The quantitative estimate of drug-likeness (QED) is 0.883. The molecule has 106 valence electrons. The number of carbonyl (C=O) groups excluding carboxylic acids is 1. The molecule has 1 aromatic rings. The van der Waals surface area contributed by atoms with E-state index in [2.05, 4.69) is 10.6 Å². The maximum absolute atomic E-state index is 13.6. The molecule has 0 bridgehead atoms. The van der Waals surface area contributed by atoms with Crippen molar-refractivity contribution in [1.82, 2.24) is 10.6 Å². The monoisotopic (exact) mass is 272 g/mol. The number of rotatable bonds is 3. The second-order valence-corrected chi connectivity index (χ2v) is 5.00. The zero-order valence-corrected chi connectivity index (χ0v) is 11.1. The molecule has 0 aromatic carbocycles. The van der Waals surface area contributed by atoms with Gasteiger partial charge < -0.3 is 15.1 Å². The summed E-state index contributed by atoms with van der Waals surface area (Å²) in [6.45, 7) is 3.68. The number of carbonyl (C=O) groups is 1. The van der Waals surface area contributed by atoms with Crippen molar-refractivity contribution in [1.29, 1.82) is 0 Å². The summed E-state index contributed by atoms with van der Waals surface area (Å²) in [5.74, 6) is -3.20. The summed E-state index contributed by atoms with van der Waals surface area (Å²) in [5.41, 5.74) is 0.715. The summed E-state index contributed by atoms with van der Waals surface area (Å²) in [4.78, 5) is 11.9. The first kappa shape index (κ1) is 14.0. The van der Waals surface area contributed by atoms with Crippen LogP contribution < -0.4 is 10.6 Å². The molecule has 1 amide bonds. The van der Waals surface area contributed by atoms with E-state index in [0.717, 1.165) is 0 Å². The number of alkyl halides is 2. The highest BCUT2D eigenvalue weighted by Crippen LogP contribution is 2.28. The number of furan rings is 1. The fourth-order valence-electron chi connectivity index (χ4n) is 2.30. The van der Waals surface area contributed by atoms with Crippen molar-refractivity contribution in [2.24, 2.45) is 5.92 Å². The van der Waals surface area contributed by atoms with E-state index in [-0.39, 0.29) is 18.8 Å². The number of piperidine rings is 1. The Labute approximate surface area is 110 Å². The van der Waals surface area contributed by atoms with Gasteiger partial charge >= 0.3 is 0 Å². The first-order valence-corrected chi connectivity index (χ1v) is 6.34. The molecule has 0 aliphatic carbocycles. The van der Waals surface area contributed by atoms with Crippen LogP contribution in [0.25, 0.3) is 0 Å². The maximum atomic E-state index is 13.6. The van der Waals surface area contributed by atoms with Crippen LogP contribution in [0.5, 0.6) is 0 Å². The molecular weight excluding hydrogens is 254 g/mol. The standard InChI is InChI=1S/C13H18F2N2O2/c1-8-5-9(2)19-11(8)12(18)17-6-10-3-4-16-7-13(10,14)15/h5,10,16H,3-4,6-7H2,1-2H3,(H,17,18)/t10-/m1/s1. The average molecular weight is 272 g/mol. The van der Waals surface area contributed by atoms with Crippen LogP contribution in [0.1, 0.15) is 28.3 Å². The lowest BCUT2D eigenvalue weighted by atomic mass is 9.94. The third kappa shape index (κ3) is 3.12. The lowest BCUT2D eigenvalue weighted by Crippen LogP contribution is -2.50. The zero-order valence-electron chi connectivity index (χ0n) is 11.1. The molecule has 1 atom stereocenters. The van der Waals surface area contributed by atoms with E-state index in [0.29, 0.717) is 24.3 Å². The van der Waals surface area contributed by atoms with Gasteiger partial charge in [0.2, 0.25) is 0 Å². The summed E-state index contributed by atoms with van der Waals surface area (Å²) >= 11 is 0. The molecule has 1 aliphatic rings. The molecule has 0 radical (unpaired) electrons. The van der Waals surface area contributed by atoms with Gasteiger partial charge in [-0.2, -0.15) is 0 Å². The molecule has 0 saturated carbocycles. The van der Waals surface area contributed by atoms with Crippen molar-refractivity contribution in [3.63, 3.8) is 0 Å². The fourth-order valence-corrected chi connectivity index (χ4v) is 2.30. The molecule has 2 heterocycles. The minimum Gasteiger partial charge on any atom is -0.456 e. The summed E-state index contributed by atoms with van der Waals surface area (Å²) in [6, 6.07) is 1.74. The van der Waals surface area contributed by atoms with E-state index in [1.807, 2.05) is 0 Å². The second-order valence-electron chi connectivity index (χ2n) is 5.00. The van der Waals surface area contributed by atoms with E-state index in [1.54, 1.807) is 19.9 Å². The minimum atomic E-state index is -2.78. The molecule has 19 heavy (non-hydrogen) atoms. The molecular formula is C13H18F2N2O2. The number of hydrogen-bond acceptors (Lipinski definition) is 3. The van der Waals surface area contributed by atoms with E-state index >= 15 is 0 Å². The first-order valence-electron chi connectivity index (χ1n) is 6.34. The van der Waals surface area contributed by atoms with Crippen molar-refractivity contribution in [2.45, 2.75) is 26.2 Å². The Balaban J connectivity index is 1.95. The summed E-state index contributed by atoms with van der Waals surface area (Å²) in [5, 5.41) is 5.19. The Morgan fingerprint density at radius 3 is 2.89 bits per heavy atom. The lowest BCUT2D eigenvalue weighted by molar-refractivity contribution is -0.0712. The smallest absolute Gasteiger partial charge is 0.287 e. The molecule has 0 unspecified atom stereocenters. The van der Waals surface area contributed by atoms with Gasteiger partial charge in [-0.3, -0.25) is 4.79 Å². The number of amides is 1. The highest BCUT2D eigenvalue weighted by atomic mass is 19.3. The normalized spacial score (nSPS) is 22.2. The maximum Gasteiger partial charge on any atom is 0.287 e. The Morgan fingerprint density at radius 1 is 1.58 bits per heavy atom. The number of aryl methyl sites for hydroxylation is 2. The van der Waals surface area contributed by atoms with Crippen molar-refractivity contribution in [3.8, 4) is 0 Å². The fraction of sp³-hybridized carbons (Fsp3) is 0.615. The first-order chi connectivity index (χ1) is 8.90. The largest absolute Gasteiger partial charge is 0.456 e. The van der Waals surface area contributed by atoms with Gasteiger partial charge in [-0.05, 0) is 32.9 Å². The van der Waals surface area contributed by atoms with Crippen LogP contribution in [0, 0.1) is 19.8 Å². The number of hydrogen-bond donors (Lipinski definition) is 2. The van der Waals surface area contributed by atoms with Crippen LogP contribution in [0.2, 0.25) is 0 Å². The summed E-state index contributed by atoms with van der Waals surface area (Å²) in [6.07, 6.45) is 0.351. The highest BCUT2D eigenvalue weighted by molar-refractivity contribution is 5.92. The van der Waals surface area contributed by atoms with E-state index in [9.17, 15) is 13.6 Å². The molecule has 6 heteroatoms. The topological polar surface area (TPSA) is 54.3 Å². The van der Waals surface area contributed by atoms with Gasteiger partial charge in [0, 0.05) is 18.0 Å². The molecule has 1 aromatic heterocycles. The van der Waals surface area contributed by atoms with Crippen molar-refractivity contribution in [2.75, 3.05) is 19.6 Å². The van der Waals surface area contributed by atoms with E-state index < -0.39 is 17.7 Å². The van der Waals surface area contributed by atoms with Gasteiger partial charge in [-0.15, -0.1) is 0 Å². The minimum absolute atomic E-state index is 0.0350. The number of nitrogens with one attached hydrogen (secondary N) is 2. The van der Waals surface area contributed by atoms with Gasteiger partial charge in [0.05, 0.1) is 6.54 Å². The Bertz CT molecular complexity index is 471. The van der Waals surface area contributed by atoms with Gasteiger partial charge in [0.25, 0.3) is 11.8 Å². The summed E-state index contributed by atoms with van der Waals surface area (Å²) in [7, 11) is 0. The Hall–Kier alpha value is -1.43. The van der Waals surface area contributed by atoms with Crippen LogP contribution in [0.15, 0.2) is 10.5 Å². The third-order valence-corrected chi connectivity index (χ3v) is 3.38. The molecule has 2 N–H and O–H groups in total. The zero-order chi connectivity index (χ0) is 14.0. The predicted molar refractivity (Wildman–Crippen MR) is 66.4 cm³/mol. The van der Waals surface area contributed by atoms with Crippen LogP contribution in [-0.4, -0.2) is 31.5 Å². The third-order valence-electron chi connectivity index (χ3n) is 3.38. The lowest BCUT2D eigenvalue weighted by Gasteiger charge is -2.31. The SMILES string of the molecule is Cc1cc(C)c(C(=O)NC[C@H]2CCNCC2(F)F)o1. The van der Waals surface area contributed by atoms with E-state index in [4.69, 9.17) is 4.42 Å². The Kier molecular flexibility index (Phi) is 3.89. The van der Waals surface area contributed by atoms with Crippen LogP contribution in [-0.2, 0) is 0 Å². The van der Waals surface area contributed by atoms with Gasteiger partial charge in [0.1, 0.15) is 5.76 Å². The molecule has 1 aliphatic heterocycles. The number of halogens is 2. The van der Waals surface area contributed by atoms with Gasteiger partial charge in [-0.25, -0.2) is 8.78 Å². The highest BCUT2D eigenvalue weighted by Gasteiger charge is 2.41. The van der Waals surface area contributed by atoms with E-state index in [1.165, 1.54) is 0 Å². The summed E-state index contributed by atoms with van der Waals surface area (Å²) < 4.78 is 32.4. The van der Waals surface area contributed by atoms with Crippen LogP contribution in [0.3, 0.4) is 0 Å². The molecule has 1 fully saturated rings. The molecule has 1 saturated heterocycles. The Morgan fingerprint density at radius 2 is 2.32 bits per heavy atom. The molecule has 2 rings (SSSR count). The molecule has 4 nitrogen and oxygen atoms in total. The van der Waals surface area contributed by atoms with Crippen LogP contribution >= 0.6 is 0 Å². The average Bonchev–Trinajstić information content (AvgIpc) is 2.66.